The molecule has 0 spiro atoms. The molecule has 0 bridgehead atoms. The lowest BCUT2D eigenvalue weighted by molar-refractivity contribution is 0.101. The monoisotopic (exact) mass is 228 g/mol. The minimum atomic E-state index is -0.878. The quantitative estimate of drug-likeness (QED) is 0.410. The van der Waals surface area contributed by atoms with E-state index in [1.54, 1.807) is 0 Å². The van der Waals surface area contributed by atoms with Crippen molar-refractivity contribution in [2.75, 3.05) is 5.88 Å². The molecular formula is C11H7ClF2O. The molecule has 0 atom stereocenters. The summed E-state index contributed by atoms with van der Waals surface area (Å²) in [5.41, 5.74) is -0.197. The van der Waals surface area contributed by atoms with Crippen LogP contribution in [0.25, 0.3) is 0 Å². The highest BCUT2D eigenvalue weighted by atomic mass is 35.5. The van der Waals surface area contributed by atoms with E-state index in [1.165, 1.54) is 6.92 Å². The third-order valence-electron chi connectivity index (χ3n) is 1.73. The van der Waals surface area contributed by atoms with Crippen molar-refractivity contribution >= 4 is 17.4 Å². The fourth-order valence-electron chi connectivity index (χ4n) is 1.04. The van der Waals surface area contributed by atoms with Gasteiger partial charge in [-0.25, -0.2) is 8.78 Å². The number of rotatable bonds is 1. The first-order chi connectivity index (χ1) is 7.06. The molecule has 0 aliphatic rings. The molecule has 0 heterocycles. The first kappa shape index (κ1) is 11.7. The van der Waals surface area contributed by atoms with Gasteiger partial charge in [0.1, 0.15) is 11.6 Å². The van der Waals surface area contributed by atoms with Crippen LogP contribution in [0.4, 0.5) is 8.78 Å². The number of carbonyl (C=O) groups is 1. The van der Waals surface area contributed by atoms with Crippen molar-refractivity contribution in [2.24, 2.45) is 0 Å². The number of carbonyl (C=O) groups excluding carboxylic acids is 1. The topological polar surface area (TPSA) is 17.1 Å². The maximum atomic E-state index is 13.1. The zero-order chi connectivity index (χ0) is 11.4. The predicted molar refractivity (Wildman–Crippen MR) is 54.0 cm³/mol. The highest BCUT2D eigenvalue weighted by molar-refractivity contribution is 6.19. The molecule has 4 heteroatoms. The van der Waals surface area contributed by atoms with E-state index in [9.17, 15) is 13.6 Å². The van der Waals surface area contributed by atoms with Gasteiger partial charge in [-0.05, 0) is 13.0 Å². The molecule has 0 saturated heterocycles. The Kier molecular flexibility index (Phi) is 3.81. The van der Waals surface area contributed by atoms with E-state index < -0.39 is 17.4 Å². The Bertz CT molecular complexity index is 458. The Morgan fingerprint density at radius 2 is 2.07 bits per heavy atom. The molecule has 0 saturated carbocycles. The van der Waals surface area contributed by atoms with E-state index in [4.69, 9.17) is 11.6 Å². The fraction of sp³-hybridized carbons (Fsp3) is 0.182. The summed E-state index contributed by atoms with van der Waals surface area (Å²) in [4.78, 5) is 11.0. The molecule has 0 unspecified atom stereocenters. The number of benzene rings is 1. The minimum Gasteiger partial charge on any atom is -0.294 e. The SMILES string of the molecule is CC(=O)c1cc(C#CCCl)c(F)cc1F. The summed E-state index contributed by atoms with van der Waals surface area (Å²) >= 11 is 5.30. The normalized spacial score (nSPS) is 9.33. The Balaban J connectivity index is 3.29. The van der Waals surface area contributed by atoms with Gasteiger partial charge in [0.25, 0.3) is 0 Å². The number of halogens is 3. The van der Waals surface area contributed by atoms with Crippen LogP contribution in [0, 0.1) is 23.5 Å². The molecule has 78 valence electrons. The zero-order valence-electron chi connectivity index (χ0n) is 7.90. The van der Waals surface area contributed by atoms with Crippen molar-refractivity contribution in [3.05, 3.63) is 34.9 Å². The van der Waals surface area contributed by atoms with Crippen molar-refractivity contribution in [3.63, 3.8) is 0 Å². The Labute approximate surface area is 91.1 Å². The first-order valence-electron chi connectivity index (χ1n) is 4.11. The second kappa shape index (κ2) is 4.90. The second-order valence-corrected chi connectivity index (χ2v) is 3.07. The maximum Gasteiger partial charge on any atom is 0.162 e. The van der Waals surface area contributed by atoms with Crippen LogP contribution in [-0.4, -0.2) is 11.7 Å². The zero-order valence-corrected chi connectivity index (χ0v) is 8.66. The van der Waals surface area contributed by atoms with Gasteiger partial charge in [0.05, 0.1) is 17.0 Å². The van der Waals surface area contributed by atoms with Gasteiger partial charge < -0.3 is 0 Å². The van der Waals surface area contributed by atoms with Gasteiger partial charge in [-0.1, -0.05) is 11.8 Å². The number of Topliss-reactive ketones (excluding diaryl/α,β-unsaturated/α-hetero) is 1. The summed E-state index contributed by atoms with van der Waals surface area (Å²) in [5.74, 6) is 2.74. The predicted octanol–water partition coefficient (Wildman–Crippen LogP) is 2.76. The summed E-state index contributed by atoms with van der Waals surface area (Å²) in [6, 6.07) is 1.74. The van der Waals surface area contributed by atoms with E-state index in [0.29, 0.717) is 6.07 Å². The average molecular weight is 229 g/mol. The van der Waals surface area contributed by atoms with E-state index in [2.05, 4.69) is 11.8 Å². The molecule has 0 aromatic heterocycles. The van der Waals surface area contributed by atoms with Crippen molar-refractivity contribution in [1.82, 2.24) is 0 Å². The molecule has 0 aliphatic carbocycles. The molecule has 1 rings (SSSR count). The first-order valence-corrected chi connectivity index (χ1v) is 4.64. The molecular weight excluding hydrogens is 222 g/mol. The van der Waals surface area contributed by atoms with E-state index in [1.807, 2.05) is 0 Å². The van der Waals surface area contributed by atoms with E-state index >= 15 is 0 Å². The summed E-state index contributed by atoms with van der Waals surface area (Å²) in [6.07, 6.45) is 0. The van der Waals surface area contributed by atoms with Crippen LogP contribution in [0.15, 0.2) is 12.1 Å². The van der Waals surface area contributed by atoms with Gasteiger partial charge in [0, 0.05) is 6.07 Å². The lowest BCUT2D eigenvalue weighted by Gasteiger charge is -2.00. The largest absolute Gasteiger partial charge is 0.294 e. The second-order valence-electron chi connectivity index (χ2n) is 2.80. The lowest BCUT2D eigenvalue weighted by Crippen LogP contribution is -2.00. The molecule has 0 N–H and O–H groups in total. The van der Waals surface area contributed by atoms with Gasteiger partial charge in [-0.15, -0.1) is 11.6 Å². The Morgan fingerprint density at radius 3 is 2.60 bits per heavy atom. The minimum absolute atomic E-state index is 0.0257. The number of alkyl halides is 1. The fourth-order valence-corrected chi connectivity index (χ4v) is 1.11. The van der Waals surface area contributed by atoms with Crippen molar-refractivity contribution < 1.29 is 13.6 Å². The summed E-state index contributed by atoms with van der Waals surface area (Å²) in [6.45, 7) is 1.20. The lowest BCUT2D eigenvalue weighted by atomic mass is 10.1. The molecule has 15 heavy (non-hydrogen) atoms. The third-order valence-corrected chi connectivity index (χ3v) is 1.86. The van der Waals surface area contributed by atoms with Gasteiger partial charge in [-0.3, -0.25) is 4.79 Å². The van der Waals surface area contributed by atoms with Crippen LogP contribution in [0.2, 0.25) is 0 Å². The molecule has 0 amide bonds. The highest BCUT2D eigenvalue weighted by Gasteiger charge is 2.11. The van der Waals surface area contributed by atoms with Crippen LogP contribution in [0.1, 0.15) is 22.8 Å². The molecule has 0 fully saturated rings. The van der Waals surface area contributed by atoms with Crippen molar-refractivity contribution in [3.8, 4) is 11.8 Å². The summed E-state index contributed by atoms with van der Waals surface area (Å²) in [5, 5.41) is 0. The highest BCUT2D eigenvalue weighted by Crippen LogP contribution is 2.14. The molecule has 0 aliphatic heterocycles. The molecule has 1 aromatic rings. The average Bonchev–Trinajstić information content (AvgIpc) is 2.16. The number of hydrogen-bond donors (Lipinski definition) is 0. The van der Waals surface area contributed by atoms with Crippen molar-refractivity contribution in [2.45, 2.75) is 6.92 Å². The molecule has 0 radical (unpaired) electrons. The van der Waals surface area contributed by atoms with Gasteiger partial charge in [0.2, 0.25) is 0 Å². The maximum absolute atomic E-state index is 13.1. The number of hydrogen-bond acceptors (Lipinski definition) is 1. The van der Waals surface area contributed by atoms with Crippen LogP contribution >= 0.6 is 11.6 Å². The van der Waals surface area contributed by atoms with Crippen LogP contribution < -0.4 is 0 Å². The van der Waals surface area contributed by atoms with Crippen LogP contribution in [0.5, 0.6) is 0 Å². The van der Waals surface area contributed by atoms with Gasteiger partial charge >= 0.3 is 0 Å². The van der Waals surface area contributed by atoms with Crippen LogP contribution in [0.3, 0.4) is 0 Å². The Hall–Kier alpha value is -1.40. The van der Waals surface area contributed by atoms with E-state index in [0.717, 1.165) is 6.07 Å². The van der Waals surface area contributed by atoms with Gasteiger partial charge in [0.15, 0.2) is 5.78 Å². The Morgan fingerprint density at radius 1 is 1.40 bits per heavy atom. The third kappa shape index (κ3) is 2.77. The van der Waals surface area contributed by atoms with Crippen molar-refractivity contribution in [1.29, 1.82) is 0 Å². The summed E-state index contributed by atoms with van der Waals surface area (Å²) in [7, 11) is 0. The molecule has 1 aromatic carbocycles. The smallest absolute Gasteiger partial charge is 0.162 e. The van der Waals surface area contributed by atoms with Crippen LogP contribution in [-0.2, 0) is 0 Å². The number of ketones is 1. The molecule has 1 nitrogen and oxygen atoms in total. The summed E-state index contributed by atoms with van der Waals surface area (Å²) < 4.78 is 26.2. The standard InChI is InChI=1S/C11H7ClF2O/c1-7(15)9-5-8(3-2-4-12)10(13)6-11(9)14/h5-6H,4H2,1H3. The van der Waals surface area contributed by atoms with E-state index in [-0.39, 0.29) is 17.0 Å². The van der Waals surface area contributed by atoms with Gasteiger partial charge in [-0.2, -0.15) is 0 Å².